The van der Waals surface area contributed by atoms with Crippen LogP contribution in [0.25, 0.3) is 17.0 Å². The minimum absolute atomic E-state index is 0.0189. The van der Waals surface area contributed by atoms with Crippen LogP contribution in [0.1, 0.15) is 25.7 Å². The number of amides is 1. The first-order chi connectivity index (χ1) is 12.7. The summed E-state index contributed by atoms with van der Waals surface area (Å²) in [6.07, 6.45) is 9.32. The van der Waals surface area contributed by atoms with Crippen LogP contribution in [0.3, 0.4) is 0 Å². The summed E-state index contributed by atoms with van der Waals surface area (Å²) >= 11 is 0. The van der Waals surface area contributed by atoms with Gasteiger partial charge in [-0.25, -0.2) is 4.98 Å². The van der Waals surface area contributed by atoms with Crippen molar-refractivity contribution in [3.63, 3.8) is 0 Å². The third-order valence-corrected chi connectivity index (χ3v) is 4.93. The largest absolute Gasteiger partial charge is 0.381 e. The number of carbonyl (C=O) groups excluding carboxylic acids is 1. The SMILES string of the molecule is COC1CCCC(C(=O)Nc2ccc(-c3cn4ccnnc4n3)cc2)C1. The monoisotopic (exact) mass is 351 g/mol. The first kappa shape index (κ1) is 16.7. The normalized spacial score (nSPS) is 20.2. The van der Waals surface area contributed by atoms with Crippen LogP contribution in [0, 0.1) is 5.92 Å². The Kier molecular flexibility index (Phi) is 4.62. The average Bonchev–Trinajstić information content (AvgIpc) is 3.13. The topological polar surface area (TPSA) is 81.4 Å². The highest BCUT2D eigenvalue weighted by molar-refractivity contribution is 5.92. The number of ether oxygens (including phenoxy) is 1. The molecule has 0 radical (unpaired) electrons. The Morgan fingerprint density at radius 1 is 1.27 bits per heavy atom. The second-order valence-electron chi connectivity index (χ2n) is 6.63. The van der Waals surface area contributed by atoms with E-state index in [4.69, 9.17) is 4.74 Å². The lowest BCUT2D eigenvalue weighted by molar-refractivity contribution is -0.122. The number of carbonyl (C=O) groups is 1. The van der Waals surface area contributed by atoms with Gasteiger partial charge in [0.2, 0.25) is 5.91 Å². The summed E-state index contributed by atoms with van der Waals surface area (Å²) in [4.78, 5) is 17.0. The van der Waals surface area contributed by atoms with E-state index >= 15 is 0 Å². The van der Waals surface area contributed by atoms with E-state index in [0.717, 1.165) is 42.6 Å². The summed E-state index contributed by atoms with van der Waals surface area (Å²) in [5, 5.41) is 10.8. The quantitative estimate of drug-likeness (QED) is 0.781. The van der Waals surface area contributed by atoms with Gasteiger partial charge >= 0.3 is 0 Å². The molecule has 0 aliphatic heterocycles. The molecule has 134 valence electrons. The Hall–Kier alpha value is -2.80. The molecule has 0 saturated heterocycles. The van der Waals surface area contributed by atoms with E-state index < -0.39 is 0 Å². The molecule has 1 N–H and O–H groups in total. The van der Waals surface area contributed by atoms with E-state index in [1.54, 1.807) is 13.3 Å². The van der Waals surface area contributed by atoms with Gasteiger partial charge in [0.25, 0.3) is 5.78 Å². The first-order valence-corrected chi connectivity index (χ1v) is 8.83. The van der Waals surface area contributed by atoms with Crippen LogP contribution in [-0.4, -0.2) is 38.7 Å². The molecule has 1 aliphatic carbocycles. The lowest BCUT2D eigenvalue weighted by Gasteiger charge is -2.27. The number of hydrogen-bond acceptors (Lipinski definition) is 5. The van der Waals surface area contributed by atoms with Crippen molar-refractivity contribution < 1.29 is 9.53 Å². The first-order valence-electron chi connectivity index (χ1n) is 8.83. The molecule has 0 spiro atoms. The number of nitrogens with one attached hydrogen (secondary N) is 1. The zero-order valence-electron chi connectivity index (χ0n) is 14.6. The molecule has 1 amide bonds. The van der Waals surface area contributed by atoms with Gasteiger partial charge in [0.05, 0.1) is 18.0 Å². The van der Waals surface area contributed by atoms with E-state index in [9.17, 15) is 4.79 Å². The highest BCUT2D eigenvalue weighted by Gasteiger charge is 2.27. The maximum absolute atomic E-state index is 12.5. The van der Waals surface area contributed by atoms with E-state index in [2.05, 4.69) is 20.5 Å². The van der Waals surface area contributed by atoms with Crippen LogP contribution in [-0.2, 0) is 9.53 Å². The van der Waals surface area contributed by atoms with Crippen LogP contribution in [0.5, 0.6) is 0 Å². The van der Waals surface area contributed by atoms with Crippen LogP contribution >= 0.6 is 0 Å². The zero-order chi connectivity index (χ0) is 17.9. The molecular weight excluding hydrogens is 330 g/mol. The summed E-state index contributed by atoms with van der Waals surface area (Å²) in [7, 11) is 1.72. The lowest BCUT2D eigenvalue weighted by Crippen LogP contribution is -2.30. The standard InChI is InChI=1S/C19H21N5O2/c1-26-16-4-2-3-14(11-16)18(25)21-15-7-5-13(6-8-15)17-12-24-10-9-20-23-19(24)22-17/h5-10,12,14,16H,2-4,11H2,1H3,(H,21,25). The minimum atomic E-state index is 0.0189. The van der Waals surface area contributed by atoms with Crippen LogP contribution in [0.15, 0.2) is 42.9 Å². The Morgan fingerprint density at radius 3 is 2.88 bits per heavy atom. The Balaban J connectivity index is 1.45. The van der Waals surface area contributed by atoms with E-state index in [0.29, 0.717) is 5.78 Å². The smallest absolute Gasteiger partial charge is 0.254 e. The molecule has 7 heteroatoms. The fourth-order valence-electron chi connectivity index (χ4n) is 3.46. The van der Waals surface area contributed by atoms with E-state index in [1.807, 2.05) is 41.1 Å². The van der Waals surface area contributed by atoms with Crippen molar-refractivity contribution in [3.8, 4) is 11.3 Å². The molecule has 1 aromatic carbocycles. The molecule has 26 heavy (non-hydrogen) atoms. The van der Waals surface area contributed by atoms with Gasteiger partial charge in [0, 0.05) is 36.7 Å². The number of nitrogens with zero attached hydrogens (tertiary/aromatic N) is 4. The second-order valence-corrected chi connectivity index (χ2v) is 6.63. The van der Waals surface area contributed by atoms with Gasteiger partial charge in [-0.3, -0.25) is 9.20 Å². The average molecular weight is 351 g/mol. The van der Waals surface area contributed by atoms with Gasteiger partial charge < -0.3 is 10.1 Å². The van der Waals surface area contributed by atoms with Crippen LogP contribution < -0.4 is 5.32 Å². The number of aromatic nitrogens is 4. The molecule has 7 nitrogen and oxygen atoms in total. The van der Waals surface area contributed by atoms with Gasteiger partial charge in [-0.1, -0.05) is 18.6 Å². The van der Waals surface area contributed by atoms with Crippen molar-refractivity contribution in [1.29, 1.82) is 0 Å². The number of methoxy groups -OCH3 is 1. The molecule has 3 aromatic rings. The highest BCUT2D eigenvalue weighted by Crippen LogP contribution is 2.27. The van der Waals surface area contributed by atoms with Crippen molar-refractivity contribution >= 4 is 17.4 Å². The molecule has 1 fully saturated rings. The summed E-state index contributed by atoms with van der Waals surface area (Å²) in [5.74, 6) is 0.651. The lowest BCUT2D eigenvalue weighted by atomic mass is 9.86. The number of benzene rings is 1. The summed E-state index contributed by atoms with van der Waals surface area (Å²) in [5.41, 5.74) is 2.58. The summed E-state index contributed by atoms with van der Waals surface area (Å²) < 4.78 is 7.24. The predicted molar refractivity (Wildman–Crippen MR) is 97.6 cm³/mol. The molecule has 2 atom stereocenters. The second kappa shape index (κ2) is 7.21. The molecule has 2 heterocycles. The number of rotatable bonds is 4. The van der Waals surface area contributed by atoms with Gasteiger partial charge in [-0.2, -0.15) is 5.10 Å². The predicted octanol–water partition coefficient (Wildman–Crippen LogP) is 2.94. The Bertz CT molecular complexity index is 873. The fraction of sp³-hybridized carbons (Fsp3) is 0.368. The Labute approximate surface area is 151 Å². The van der Waals surface area contributed by atoms with Gasteiger partial charge in [0.1, 0.15) is 0 Å². The number of anilines is 1. The highest BCUT2D eigenvalue weighted by atomic mass is 16.5. The maximum Gasteiger partial charge on any atom is 0.254 e. The van der Waals surface area contributed by atoms with Gasteiger partial charge in [-0.05, 0) is 31.4 Å². The van der Waals surface area contributed by atoms with Crippen molar-refractivity contribution in [3.05, 3.63) is 42.9 Å². The van der Waals surface area contributed by atoms with Crippen molar-refractivity contribution in [2.24, 2.45) is 5.92 Å². The number of fused-ring (bicyclic) bond motifs is 1. The maximum atomic E-state index is 12.5. The van der Waals surface area contributed by atoms with Crippen molar-refractivity contribution in [1.82, 2.24) is 19.6 Å². The molecular formula is C19H21N5O2. The summed E-state index contributed by atoms with van der Waals surface area (Å²) in [6, 6.07) is 7.70. The fourth-order valence-corrected chi connectivity index (χ4v) is 3.46. The Morgan fingerprint density at radius 2 is 2.12 bits per heavy atom. The van der Waals surface area contributed by atoms with E-state index in [1.165, 1.54) is 0 Å². The molecule has 4 rings (SSSR count). The molecule has 2 aromatic heterocycles. The van der Waals surface area contributed by atoms with Gasteiger partial charge in [0.15, 0.2) is 0 Å². The zero-order valence-corrected chi connectivity index (χ0v) is 14.6. The van der Waals surface area contributed by atoms with Crippen LogP contribution in [0.4, 0.5) is 5.69 Å². The van der Waals surface area contributed by atoms with Gasteiger partial charge in [-0.15, -0.1) is 5.10 Å². The minimum Gasteiger partial charge on any atom is -0.381 e. The number of imidazole rings is 1. The molecule has 2 unspecified atom stereocenters. The number of hydrogen-bond donors (Lipinski definition) is 1. The van der Waals surface area contributed by atoms with Crippen molar-refractivity contribution in [2.75, 3.05) is 12.4 Å². The summed E-state index contributed by atoms with van der Waals surface area (Å²) in [6.45, 7) is 0. The molecule has 1 aliphatic rings. The van der Waals surface area contributed by atoms with Crippen LogP contribution in [0.2, 0.25) is 0 Å². The van der Waals surface area contributed by atoms with Crippen molar-refractivity contribution in [2.45, 2.75) is 31.8 Å². The third-order valence-electron chi connectivity index (χ3n) is 4.93. The molecule has 1 saturated carbocycles. The third kappa shape index (κ3) is 3.43. The molecule has 0 bridgehead atoms. The van der Waals surface area contributed by atoms with E-state index in [-0.39, 0.29) is 17.9 Å².